The lowest BCUT2D eigenvalue weighted by Crippen LogP contribution is -2.38. The van der Waals surface area contributed by atoms with E-state index in [2.05, 4.69) is 16.0 Å². The highest BCUT2D eigenvalue weighted by Crippen LogP contribution is 2.23. The lowest BCUT2D eigenvalue weighted by atomic mass is 9.89. The highest BCUT2D eigenvalue weighted by molar-refractivity contribution is 6.00. The number of para-hydroxylation sites is 2. The average molecular weight is 365 g/mol. The minimum absolute atomic E-state index is 0.120. The summed E-state index contributed by atoms with van der Waals surface area (Å²) in [5.74, 6) is 0.112. The molecule has 0 unspecified atom stereocenters. The van der Waals surface area contributed by atoms with Crippen LogP contribution in [0.15, 0.2) is 54.6 Å². The number of hydrogen-bond donors (Lipinski definition) is 3. The normalized spacial score (nSPS) is 14.4. The first-order valence-electron chi connectivity index (χ1n) is 9.71. The first kappa shape index (κ1) is 19.0. The number of amides is 2. The van der Waals surface area contributed by atoms with E-state index >= 15 is 0 Å². The Kier molecular flexibility index (Phi) is 6.85. The fourth-order valence-corrected chi connectivity index (χ4v) is 3.43. The van der Waals surface area contributed by atoms with Crippen molar-refractivity contribution in [2.75, 3.05) is 18.4 Å². The summed E-state index contributed by atoms with van der Waals surface area (Å²) in [5, 5.41) is 9.11. The summed E-state index contributed by atoms with van der Waals surface area (Å²) in [5.41, 5.74) is 2.27. The molecule has 0 saturated heterocycles. The zero-order chi connectivity index (χ0) is 18.9. The van der Waals surface area contributed by atoms with Crippen LogP contribution in [-0.4, -0.2) is 24.9 Å². The van der Waals surface area contributed by atoms with Crippen LogP contribution in [0.5, 0.6) is 0 Å². The van der Waals surface area contributed by atoms with Crippen molar-refractivity contribution < 1.29 is 9.59 Å². The van der Waals surface area contributed by atoms with Crippen LogP contribution in [0.3, 0.4) is 0 Å². The van der Waals surface area contributed by atoms with Crippen molar-refractivity contribution in [1.29, 1.82) is 0 Å². The fourth-order valence-electron chi connectivity index (χ4n) is 3.43. The molecule has 142 valence electrons. The number of hydrogen-bond acceptors (Lipinski definition) is 3. The van der Waals surface area contributed by atoms with Gasteiger partial charge in [-0.15, -0.1) is 0 Å². The SMILES string of the molecule is O=C(NCCNC(=O)C1CCCCC1)c1ccccc1Nc1ccccc1. The first-order valence-corrected chi connectivity index (χ1v) is 9.71. The zero-order valence-corrected chi connectivity index (χ0v) is 15.5. The number of carbonyl (C=O) groups is 2. The van der Waals surface area contributed by atoms with Crippen LogP contribution in [0.2, 0.25) is 0 Å². The molecule has 2 aromatic rings. The Hall–Kier alpha value is -2.82. The number of anilines is 2. The number of benzene rings is 2. The van der Waals surface area contributed by atoms with Crippen molar-refractivity contribution in [2.24, 2.45) is 5.92 Å². The lowest BCUT2D eigenvalue weighted by Gasteiger charge is -2.20. The first-order chi connectivity index (χ1) is 13.2. The van der Waals surface area contributed by atoms with Crippen LogP contribution >= 0.6 is 0 Å². The maximum Gasteiger partial charge on any atom is 0.253 e. The molecule has 1 fully saturated rings. The van der Waals surface area contributed by atoms with Gasteiger partial charge in [0.2, 0.25) is 5.91 Å². The van der Waals surface area contributed by atoms with Gasteiger partial charge in [0.05, 0.1) is 11.3 Å². The topological polar surface area (TPSA) is 70.2 Å². The van der Waals surface area contributed by atoms with Gasteiger partial charge < -0.3 is 16.0 Å². The van der Waals surface area contributed by atoms with E-state index in [4.69, 9.17) is 0 Å². The van der Waals surface area contributed by atoms with E-state index in [1.165, 1.54) is 6.42 Å². The minimum Gasteiger partial charge on any atom is -0.355 e. The molecular weight excluding hydrogens is 338 g/mol. The molecule has 2 aromatic carbocycles. The van der Waals surface area contributed by atoms with Gasteiger partial charge >= 0.3 is 0 Å². The van der Waals surface area contributed by atoms with Crippen LogP contribution in [0.25, 0.3) is 0 Å². The molecule has 5 heteroatoms. The van der Waals surface area contributed by atoms with Crippen LogP contribution < -0.4 is 16.0 Å². The predicted molar refractivity (Wildman–Crippen MR) is 108 cm³/mol. The smallest absolute Gasteiger partial charge is 0.253 e. The van der Waals surface area contributed by atoms with Crippen LogP contribution in [-0.2, 0) is 4.79 Å². The Morgan fingerprint density at radius 1 is 0.815 bits per heavy atom. The average Bonchev–Trinajstić information content (AvgIpc) is 2.72. The van der Waals surface area contributed by atoms with Crippen molar-refractivity contribution in [3.05, 3.63) is 60.2 Å². The molecule has 0 aliphatic heterocycles. The van der Waals surface area contributed by atoms with E-state index in [0.29, 0.717) is 18.7 Å². The fraction of sp³-hybridized carbons (Fsp3) is 0.364. The third-order valence-corrected chi connectivity index (χ3v) is 4.91. The van der Waals surface area contributed by atoms with Gasteiger partial charge in [0.15, 0.2) is 0 Å². The van der Waals surface area contributed by atoms with Gasteiger partial charge in [-0.25, -0.2) is 0 Å². The molecule has 0 heterocycles. The summed E-state index contributed by atoms with van der Waals surface area (Å²) >= 11 is 0. The molecule has 1 aliphatic rings. The maximum atomic E-state index is 12.5. The highest BCUT2D eigenvalue weighted by atomic mass is 16.2. The van der Waals surface area contributed by atoms with Crippen molar-refractivity contribution in [3.63, 3.8) is 0 Å². The summed E-state index contributed by atoms with van der Waals surface area (Å²) in [4.78, 5) is 24.7. The Balaban J connectivity index is 1.49. The standard InChI is InChI=1S/C22H27N3O2/c26-21(17-9-3-1-4-10-17)23-15-16-24-22(27)19-13-7-8-14-20(19)25-18-11-5-2-6-12-18/h2,5-8,11-14,17,25H,1,3-4,9-10,15-16H2,(H,23,26)(H,24,27). The maximum absolute atomic E-state index is 12.5. The minimum atomic E-state index is -0.152. The number of nitrogens with one attached hydrogen (secondary N) is 3. The summed E-state index contributed by atoms with van der Waals surface area (Å²) < 4.78 is 0. The number of rotatable bonds is 7. The second kappa shape index (κ2) is 9.76. The third kappa shape index (κ3) is 5.58. The largest absolute Gasteiger partial charge is 0.355 e. The molecule has 3 N–H and O–H groups in total. The number of carbonyl (C=O) groups excluding carboxylic acids is 2. The van der Waals surface area contributed by atoms with E-state index in [9.17, 15) is 9.59 Å². The van der Waals surface area contributed by atoms with Crippen molar-refractivity contribution in [2.45, 2.75) is 32.1 Å². The van der Waals surface area contributed by atoms with Gasteiger partial charge in [-0.2, -0.15) is 0 Å². The molecule has 27 heavy (non-hydrogen) atoms. The summed E-state index contributed by atoms with van der Waals surface area (Å²) in [6, 6.07) is 17.2. The van der Waals surface area contributed by atoms with Crippen molar-refractivity contribution in [1.82, 2.24) is 10.6 Å². The molecule has 3 rings (SSSR count). The Morgan fingerprint density at radius 3 is 2.26 bits per heavy atom. The lowest BCUT2D eigenvalue weighted by molar-refractivity contribution is -0.125. The predicted octanol–water partition coefficient (Wildman–Crippen LogP) is 3.86. The van der Waals surface area contributed by atoms with E-state index in [0.717, 1.165) is 37.1 Å². The molecule has 0 radical (unpaired) electrons. The Labute approximate surface area is 160 Å². The monoisotopic (exact) mass is 365 g/mol. The van der Waals surface area contributed by atoms with Gasteiger partial charge in [0.25, 0.3) is 5.91 Å². The summed E-state index contributed by atoms with van der Waals surface area (Å²) in [6.45, 7) is 0.867. The second-order valence-corrected chi connectivity index (χ2v) is 6.92. The van der Waals surface area contributed by atoms with E-state index in [1.807, 2.05) is 48.5 Å². The molecular formula is C22H27N3O2. The Bertz CT molecular complexity index is 755. The van der Waals surface area contributed by atoms with Crippen LogP contribution in [0.1, 0.15) is 42.5 Å². The summed E-state index contributed by atoms with van der Waals surface area (Å²) in [7, 11) is 0. The van der Waals surface area contributed by atoms with Gasteiger partial charge in [0, 0.05) is 24.7 Å². The quantitative estimate of drug-likeness (QED) is 0.653. The van der Waals surface area contributed by atoms with Gasteiger partial charge in [-0.1, -0.05) is 49.6 Å². The third-order valence-electron chi connectivity index (χ3n) is 4.91. The van der Waals surface area contributed by atoms with Crippen molar-refractivity contribution in [3.8, 4) is 0 Å². The molecule has 5 nitrogen and oxygen atoms in total. The molecule has 1 saturated carbocycles. The second-order valence-electron chi connectivity index (χ2n) is 6.92. The Morgan fingerprint density at radius 2 is 1.48 bits per heavy atom. The van der Waals surface area contributed by atoms with Gasteiger partial charge in [-0.05, 0) is 37.1 Å². The molecule has 0 aromatic heterocycles. The molecule has 0 bridgehead atoms. The van der Waals surface area contributed by atoms with Gasteiger partial charge in [-0.3, -0.25) is 9.59 Å². The van der Waals surface area contributed by atoms with Crippen LogP contribution in [0, 0.1) is 5.92 Å². The molecule has 1 aliphatic carbocycles. The van der Waals surface area contributed by atoms with Crippen LogP contribution in [0.4, 0.5) is 11.4 Å². The summed E-state index contributed by atoms with van der Waals surface area (Å²) in [6.07, 6.45) is 5.48. The highest BCUT2D eigenvalue weighted by Gasteiger charge is 2.20. The van der Waals surface area contributed by atoms with E-state index < -0.39 is 0 Å². The van der Waals surface area contributed by atoms with E-state index in [1.54, 1.807) is 6.07 Å². The van der Waals surface area contributed by atoms with Crippen molar-refractivity contribution >= 4 is 23.2 Å². The zero-order valence-electron chi connectivity index (χ0n) is 15.5. The van der Waals surface area contributed by atoms with E-state index in [-0.39, 0.29) is 17.7 Å². The van der Waals surface area contributed by atoms with Gasteiger partial charge in [0.1, 0.15) is 0 Å². The molecule has 0 spiro atoms. The molecule has 0 atom stereocenters. The molecule has 2 amide bonds.